The van der Waals surface area contributed by atoms with Gasteiger partial charge in [-0.15, -0.1) is 11.8 Å². The summed E-state index contributed by atoms with van der Waals surface area (Å²) in [5, 5.41) is 5.13. The second-order valence-electron chi connectivity index (χ2n) is 9.20. The van der Waals surface area contributed by atoms with E-state index in [2.05, 4.69) is 10.6 Å². The summed E-state index contributed by atoms with van der Waals surface area (Å²) in [5.74, 6) is -0.536. The van der Waals surface area contributed by atoms with Gasteiger partial charge in [0.15, 0.2) is 11.6 Å². The minimum atomic E-state index is -0.562. The molecule has 0 aliphatic heterocycles. The third-order valence-electron chi connectivity index (χ3n) is 6.64. The van der Waals surface area contributed by atoms with E-state index >= 15 is 0 Å². The van der Waals surface area contributed by atoms with Gasteiger partial charge in [-0.25, -0.2) is 0 Å². The molecule has 1 aliphatic carbocycles. The number of hydrogen-bond donors (Lipinski definition) is 2. The number of rotatable bonds is 8. The summed E-state index contributed by atoms with van der Waals surface area (Å²) in [6, 6.07) is 23.7. The summed E-state index contributed by atoms with van der Waals surface area (Å²) in [7, 11) is 2.96. The zero-order valence-electron chi connectivity index (χ0n) is 22.5. The van der Waals surface area contributed by atoms with Gasteiger partial charge in [-0.2, -0.15) is 0 Å². The second kappa shape index (κ2) is 11.7. The van der Waals surface area contributed by atoms with E-state index < -0.39 is 11.2 Å². The number of ketones is 2. The summed E-state index contributed by atoms with van der Waals surface area (Å²) < 4.78 is 10.7. The van der Waals surface area contributed by atoms with Crippen molar-refractivity contribution in [1.29, 1.82) is 0 Å². The minimum Gasteiger partial charge on any atom is -0.496 e. The number of thioether (sulfide) groups is 1. The molecular weight excluding hydrogens is 540 g/mol. The minimum absolute atomic E-state index is 0.193. The average molecular weight is 567 g/mol. The third kappa shape index (κ3) is 5.44. The van der Waals surface area contributed by atoms with Crippen molar-refractivity contribution in [2.24, 2.45) is 0 Å². The molecule has 1 aliphatic rings. The number of ether oxygens (including phenoxy) is 2. The van der Waals surface area contributed by atoms with Gasteiger partial charge in [0, 0.05) is 27.3 Å². The maximum atomic E-state index is 13.3. The normalized spacial score (nSPS) is 12.6. The van der Waals surface area contributed by atoms with Crippen LogP contribution in [0.1, 0.15) is 49.1 Å². The highest BCUT2D eigenvalue weighted by molar-refractivity contribution is 8.00. The fourth-order valence-electron chi connectivity index (χ4n) is 4.66. The summed E-state index contributed by atoms with van der Waals surface area (Å²) >= 11 is 1.29. The Balaban J connectivity index is 1.31. The van der Waals surface area contributed by atoms with Crippen molar-refractivity contribution in [3.05, 3.63) is 113 Å². The number of nitrogens with one attached hydrogen (secondary N) is 2. The van der Waals surface area contributed by atoms with Crippen molar-refractivity contribution in [3.8, 4) is 11.5 Å². The average Bonchev–Trinajstić information content (AvgIpc) is 2.99. The van der Waals surface area contributed by atoms with Gasteiger partial charge < -0.3 is 20.1 Å². The Morgan fingerprint density at radius 3 is 2.02 bits per heavy atom. The zero-order chi connectivity index (χ0) is 29.1. The molecule has 4 aromatic rings. The molecule has 4 aromatic carbocycles. The molecule has 0 spiro atoms. The Hall–Kier alpha value is -4.89. The number of carbonyl (C=O) groups excluding carboxylic acids is 4. The quantitative estimate of drug-likeness (QED) is 0.227. The molecule has 0 bridgehead atoms. The van der Waals surface area contributed by atoms with Crippen LogP contribution in [0, 0.1) is 0 Å². The molecule has 9 heteroatoms. The van der Waals surface area contributed by atoms with Crippen LogP contribution in [-0.4, -0.2) is 42.9 Å². The predicted molar refractivity (Wildman–Crippen MR) is 158 cm³/mol. The number of hydrogen-bond acceptors (Lipinski definition) is 7. The molecule has 0 radical (unpaired) electrons. The highest BCUT2D eigenvalue weighted by Gasteiger charge is 2.32. The number of amides is 2. The smallest absolute Gasteiger partial charge is 0.263 e. The molecule has 0 saturated heterocycles. The van der Waals surface area contributed by atoms with Crippen LogP contribution in [0.2, 0.25) is 0 Å². The van der Waals surface area contributed by atoms with Gasteiger partial charge in [0.1, 0.15) is 17.1 Å². The molecule has 5 rings (SSSR count). The van der Waals surface area contributed by atoms with Crippen LogP contribution in [0.3, 0.4) is 0 Å². The maximum absolute atomic E-state index is 13.3. The molecule has 41 heavy (non-hydrogen) atoms. The number of methoxy groups -OCH3 is 2. The fourth-order valence-corrected chi connectivity index (χ4v) is 5.58. The highest BCUT2D eigenvalue weighted by Crippen LogP contribution is 2.34. The molecular formula is C32H26N2O6S. The van der Waals surface area contributed by atoms with E-state index in [0.717, 1.165) is 4.90 Å². The fraction of sp³-hybridized carbons (Fsp3) is 0.125. The topological polar surface area (TPSA) is 111 Å². The Kier molecular flexibility index (Phi) is 7.89. The van der Waals surface area contributed by atoms with E-state index in [1.54, 1.807) is 85.8 Å². The van der Waals surface area contributed by atoms with Crippen molar-refractivity contribution in [2.75, 3.05) is 24.9 Å². The van der Waals surface area contributed by atoms with Crippen LogP contribution >= 0.6 is 11.8 Å². The Bertz CT molecular complexity index is 1680. The van der Waals surface area contributed by atoms with E-state index in [4.69, 9.17) is 9.47 Å². The SMILES string of the molecule is COc1cccc(OC)c1C(=O)Nc1cccc(SC(C)C(=O)Nc2cccc3c2C(=O)c2ccccc2C3=O)c1. The molecule has 0 heterocycles. The molecule has 206 valence electrons. The van der Waals surface area contributed by atoms with E-state index in [1.807, 2.05) is 6.07 Å². The van der Waals surface area contributed by atoms with E-state index in [9.17, 15) is 19.2 Å². The first-order chi connectivity index (χ1) is 19.8. The Labute approximate surface area is 241 Å². The Morgan fingerprint density at radius 2 is 1.34 bits per heavy atom. The maximum Gasteiger partial charge on any atom is 0.263 e. The third-order valence-corrected chi connectivity index (χ3v) is 7.73. The van der Waals surface area contributed by atoms with Crippen LogP contribution < -0.4 is 20.1 Å². The number of carbonyl (C=O) groups is 4. The van der Waals surface area contributed by atoms with Gasteiger partial charge in [-0.3, -0.25) is 19.2 Å². The number of fused-ring (bicyclic) bond motifs is 2. The summed E-state index contributed by atoms with van der Waals surface area (Å²) in [6.45, 7) is 1.74. The van der Waals surface area contributed by atoms with E-state index in [1.165, 1.54) is 26.0 Å². The first-order valence-corrected chi connectivity index (χ1v) is 13.6. The molecule has 2 amide bonds. The predicted octanol–water partition coefficient (Wildman–Crippen LogP) is 5.85. The number of anilines is 2. The van der Waals surface area contributed by atoms with Crippen LogP contribution in [0.25, 0.3) is 0 Å². The molecule has 0 saturated carbocycles. The van der Waals surface area contributed by atoms with Crippen molar-refractivity contribution in [1.82, 2.24) is 0 Å². The summed E-state index contributed by atoms with van der Waals surface area (Å²) in [5.41, 5.74) is 2.22. The van der Waals surface area contributed by atoms with Crippen molar-refractivity contribution in [2.45, 2.75) is 17.1 Å². The molecule has 1 unspecified atom stereocenters. The monoisotopic (exact) mass is 566 g/mol. The van der Waals surface area contributed by atoms with E-state index in [0.29, 0.717) is 34.0 Å². The van der Waals surface area contributed by atoms with Gasteiger partial charge in [0.25, 0.3) is 5.91 Å². The standard InChI is InChI=1S/C32H26N2O6S/c1-18(31(37)34-24-14-7-13-23-27(24)30(36)22-12-5-4-11-21(22)29(23)35)41-20-10-6-9-19(17-20)33-32(38)28-25(39-2)15-8-16-26(28)40-3/h4-18H,1-3H3,(H,33,38)(H,34,37). The lowest BCUT2D eigenvalue weighted by Gasteiger charge is -2.21. The Morgan fingerprint density at radius 1 is 0.732 bits per heavy atom. The van der Waals surface area contributed by atoms with Gasteiger partial charge in [-0.05, 0) is 43.3 Å². The molecule has 2 N–H and O–H groups in total. The van der Waals surface area contributed by atoms with Crippen molar-refractivity contribution < 1.29 is 28.7 Å². The molecule has 1 atom stereocenters. The van der Waals surface area contributed by atoms with Crippen LogP contribution in [0.4, 0.5) is 11.4 Å². The van der Waals surface area contributed by atoms with Gasteiger partial charge >= 0.3 is 0 Å². The summed E-state index contributed by atoms with van der Waals surface area (Å²) in [6.07, 6.45) is 0. The molecule has 0 aromatic heterocycles. The van der Waals surface area contributed by atoms with Crippen molar-refractivity contribution in [3.63, 3.8) is 0 Å². The molecule has 8 nitrogen and oxygen atoms in total. The molecule has 0 fully saturated rings. The second-order valence-corrected chi connectivity index (χ2v) is 10.6. The lowest BCUT2D eigenvalue weighted by Crippen LogP contribution is -2.27. The van der Waals surface area contributed by atoms with Crippen LogP contribution in [0.15, 0.2) is 89.8 Å². The van der Waals surface area contributed by atoms with Crippen molar-refractivity contribution >= 4 is 46.5 Å². The summed E-state index contributed by atoms with van der Waals surface area (Å²) in [4.78, 5) is 53.3. The largest absolute Gasteiger partial charge is 0.496 e. The highest BCUT2D eigenvalue weighted by atomic mass is 32.2. The van der Waals surface area contributed by atoms with Gasteiger partial charge in [0.2, 0.25) is 5.91 Å². The van der Waals surface area contributed by atoms with Crippen LogP contribution in [-0.2, 0) is 4.79 Å². The zero-order valence-corrected chi connectivity index (χ0v) is 23.3. The van der Waals surface area contributed by atoms with Crippen LogP contribution in [0.5, 0.6) is 11.5 Å². The lowest BCUT2D eigenvalue weighted by molar-refractivity contribution is -0.115. The first-order valence-electron chi connectivity index (χ1n) is 12.7. The van der Waals surface area contributed by atoms with Gasteiger partial charge in [-0.1, -0.05) is 48.5 Å². The number of benzene rings is 4. The first kappa shape index (κ1) is 27.7. The lowest BCUT2D eigenvalue weighted by atomic mass is 9.83. The van der Waals surface area contributed by atoms with Gasteiger partial charge in [0.05, 0.1) is 30.7 Å². The van der Waals surface area contributed by atoms with E-state index in [-0.39, 0.29) is 34.2 Å².